The first-order chi connectivity index (χ1) is 12.1. The lowest BCUT2D eigenvalue weighted by molar-refractivity contribution is 0.0359. The van der Waals surface area contributed by atoms with Gasteiger partial charge in [0.05, 0.1) is 5.69 Å². The van der Waals surface area contributed by atoms with Gasteiger partial charge in [-0.25, -0.2) is 0 Å². The number of likely N-dealkylation sites (tertiary alicyclic amines) is 1. The SMILES string of the molecule is CC(C)c1ccccc1OCC(O)CN1CC(c2cc(CO)on2)C1. The van der Waals surface area contributed by atoms with Crippen LogP contribution in [0.3, 0.4) is 0 Å². The fraction of sp³-hybridized carbons (Fsp3) is 0.526. The van der Waals surface area contributed by atoms with Crippen molar-refractivity contribution in [1.82, 2.24) is 10.1 Å². The number of β-amino-alcohol motifs (C(OH)–C–C–N with tert-alkyl or cyclic N) is 1. The average Bonchev–Trinajstić information content (AvgIpc) is 3.04. The zero-order chi connectivity index (χ0) is 17.8. The maximum absolute atomic E-state index is 10.2. The summed E-state index contributed by atoms with van der Waals surface area (Å²) in [5.41, 5.74) is 2.03. The number of hydrogen-bond acceptors (Lipinski definition) is 6. The molecule has 1 aromatic carbocycles. The molecule has 1 unspecified atom stereocenters. The van der Waals surface area contributed by atoms with Crippen molar-refractivity contribution in [2.45, 2.75) is 38.4 Å². The summed E-state index contributed by atoms with van der Waals surface area (Å²) in [7, 11) is 0. The van der Waals surface area contributed by atoms with E-state index in [1.807, 2.05) is 18.2 Å². The van der Waals surface area contributed by atoms with E-state index < -0.39 is 6.10 Å². The van der Waals surface area contributed by atoms with E-state index in [4.69, 9.17) is 14.4 Å². The second-order valence-electron chi connectivity index (χ2n) is 6.95. The fourth-order valence-corrected chi connectivity index (χ4v) is 3.13. The van der Waals surface area contributed by atoms with E-state index in [2.05, 4.69) is 30.0 Å². The molecule has 25 heavy (non-hydrogen) atoms. The van der Waals surface area contributed by atoms with Crippen LogP contribution in [0.25, 0.3) is 0 Å². The Hall–Kier alpha value is -1.89. The van der Waals surface area contributed by atoms with Crippen LogP contribution < -0.4 is 4.74 Å². The zero-order valence-electron chi connectivity index (χ0n) is 14.8. The number of hydrogen-bond donors (Lipinski definition) is 2. The molecule has 1 atom stereocenters. The van der Waals surface area contributed by atoms with Crippen LogP contribution in [0.1, 0.15) is 42.7 Å². The summed E-state index contributed by atoms with van der Waals surface area (Å²) < 4.78 is 10.8. The van der Waals surface area contributed by atoms with Crippen molar-refractivity contribution >= 4 is 0 Å². The maximum atomic E-state index is 10.2. The van der Waals surface area contributed by atoms with Gasteiger partial charge in [-0.2, -0.15) is 0 Å². The van der Waals surface area contributed by atoms with E-state index in [1.165, 1.54) is 0 Å². The number of aromatic nitrogens is 1. The molecule has 2 aromatic rings. The molecule has 0 saturated carbocycles. The molecule has 1 aliphatic rings. The number of rotatable bonds is 8. The summed E-state index contributed by atoms with van der Waals surface area (Å²) in [5.74, 6) is 2.03. The van der Waals surface area contributed by atoms with Gasteiger partial charge in [-0.15, -0.1) is 0 Å². The van der Waals surface area contributed by atoms with Crippen LogP contribution in [0, 0.1) is 0 Å². The molecule has 2 heterocycles. The molecule has 6 nitrogen and oxygen atoms in total. The standard InChI is InChI=1S/C19H26N2O4/c1-13(2)17-5-3-4-6-19(17)24-12-15(23)10-21-8-14(9-21)18-7-16(11-22)25-20-18/h3-7,13-15,22-23H,8-12H2,1-2H3. The molecule has 0 amide bonds. The van der Waals surface area contributed by atoms with Crippen LogP contribution in [0.5, 0.6) is 5.75 Å². The van der Waals surface area contributed by atoms with Crippen LogP contribution in [0.2, 0.25) is 0 Å². The molecule has 0 radical (unpaired) electrons. The highest BCUT2D eigenvalue weighted by Gasteiger charge is 2.31. The van der Waals surface area contributed by atoms with Gasteiger partial charge in [0.15, 0.2) is 5.76 Å². The molecule has 0 spiro atoms. The van der Waals surface area contributed by atoms with Gasteiger partial charge in [0, 0.05) is 31.6 Å². The predicted octanol–water partition coefficient (Wildman–Crippen LogP) is 2.13. The maximum Gasteiger partial charge on any atom is 0.162 e. The van der Waals surface area contributed by atoms with Crippen molar-refractivity contribution in [3.63, 3.8) is 0 Å². The molecular formula is C19H26N2O4. The largest absolute Gasteiger partial charge is 0.491 e. The monoisotopic (exact) mass is 346 g/mol. The molecular weight excluding hydrogens is 320 g/mol. The summed E-state index contributed by atoms with van der Waals surface area (Å²) in [5, 5.41) is 23.2. The third-order valence-corrected chi connectivity index (χ3v) is 4.55. The van der Waals surface area contributed by atoms with Crippen molar-refractivity contribution < 1.29 is 19.5 Å². The summed E-state index contributed by atoms with van der Waals surface area (Å²) in [6.07, 6.45) is -0.536. The van der Waals surface area contributed by atoms with E-state index in [0.29, 0.717) is 24.1 Å². The highest BCUT2D eigenvalue weighted by atomic mass is 16.5. The van der Waals surface area contributed by atoms with Gasteiger partial charge >= 0.3 is 0 Å². The van der Waals surface area contributed by atoms with Crippen molar-refractivity contribution in [3.8, 4) is 5.75 Å². The van der Waals surface area contributed by atoms with Crippen molar-refractivity contribution in [1.29, 1.82) is 0 Å². The Morgan fingerprint density at radius 3 is 2.76 bits per heavy atom. The minimum Gasteiger partial charge on any atom is -0.491 e. The van der Waals surface area contributed by atoms with Crippen LogP contribution in [0.4, 0.5) is 0 Å². The van der Waals surface area contributed by atoms with Gasteiger partial charge in [-0.1, -0.05) is 37.2 Å². The highest BCUT2D eigenvalue weighted by molar-refractivity contribution is 5.35. The molecule has 6 heteroatoms. The lowest BCUT2D eigenvalue weighted by Crippen LogP contribution is -2.49. The normalized spacial score (nSPS) is 16.8. The Balaban J connectivity index is 1.43. The molecule has 0 aliphatic carbocycles. The van der Waals surface area contributed by atoms with Gasteiger partial charge in [-0.05, 0) is 17.5 Å². The topological polar surface area (TPSA) is 79.0 Å². The summed E-state index contributed by atoms with van der Waals surface area (Å²) in [6, 6.07) is 9.76. The van der Waals surface area contributed by atoms with Gasteiger partial charge in [-0.3, -0.25) is 4.90 Å². The van der Waals surface area contributed by atoms with E-state index >= 15 is 0 Å². The minimum absolute atomic E-state index is 0.128. The van der Waals surface area contributed by atoms with E-state index in [-0.39, 0.29) is 13.2 Å². The molecule has 2 N–H and O–H groups in total. The second kappa shape index (κ2) is 7.99. The van der Waals surface area contributed by atoms with Crippen molar-refractivity contribution in [3.05, 3.63) is 47.3 Å². The Bertz CT molecular complexity index is 680. The molecule has 1 saturated heterocycles. The van der Waals surface area contributed by atoms with E-state index in [9.17, 15) is 5.11 Å². The second-order valence-corrected chi connectivity index (χ2v) is 6.95. The van der Waals surface area contributed by atoms with Gasteiger partial charge in [0.1, 0.15) is 25.1 Å². The molecule has 1 aliphatic heterocycles. The quantitative estimate of drug-likeness (QED) is 0.762. The number of para-hydroxylation sites is 1. The van der Waals surface area contributed by atoms with Crippen LogP contribution in [-0.2, 0) is 6.61 Å². The number of aliphatic hydroxyl groups excluding tert-OH is 2. The van der Waals surface area contributed by atoms with Gasteiger partial charge < -0.3 is 19.5 Å². The molecule has 136 valence electrons. The van der Waals surface area contributed by atoms with Crippen molar-refractivity contribution in [2.75, 3.05) is 26.2 Å². The van der Waals surface area contributed by atoms with Crippen molar-refractivity contribution in [2.24, 2.45) is 0 Å². The third-order valence-electron chi connectivity index (χ3n) is 4.55. The lowest BCUT2D eigenvalue weighted by atomic mass is 9.96. The Labute approximate surface area is 148 Å². The lowest BCUT2D eigenvalue weighted by Gasteiger charge is -2.39. The van der Waals surface area contributed by atoms with Crippen LogP contribution >= 0.6 is 0 Å². The van der Waals surface area contributed by atoms with E-state index in [0.717, 1.165) is 30.1 Å². The van der Waals surface area contributed by atoms with Crippen LogP contribution in [0.15, 0.2) is 34.9 Å². The highest BCUT2D eigenvalue weighted by Crippen LogP contribution is 2.28. The number of nitrogens with zero attached hydrogens (tertiary/aromatic N) is 2. The summed E-state index contributed by atoms with van der Waals surface area (Å²) >= 11 is 0. The van der Waals surface area contributed by atoms with Crippen LogP contribution in [-0.4, -0.2) is 52.6 Å². The summed E-state index contributed by atoms with van der Waals surface area (Å²) in [6.45, 7) is 6.65. The third kappa shape index (κ3) is 4.39. The van der Waals surface area contributed by atoms with Gasteiger partial charge in [0.25, 0.3) is 0 Å². The van der Waals surface area contributed by atoms with Gasteiger partial charge in [0.2, 0.25) is 0 Å². The molecule has 1 aromatic heterocycles. The average molecular weight is 346 g/mol. The van der Waals surface area contributed by atoms with E-state index in [1.54, 1.807) is 6.07 Å². The number of aliphatic hydroxyl groups is 2. The molecule has 3 rings (SSSR count). The molecule has 1 fully saturated rings. The summed E-state index contributed by atoms with van der Waals surface area (Å²) in [4.78, 5) is 2.17. The smallest absolute Gasteiger partial charge is 0.162 e. The fourth-order valence-electron chi connectivity index (χ4n) is 3.13. The first-order valence-corrected chi connectivity index (χ1v) is 8.75. The molecule has 0 bridgehead atoms. The predicted molar refractivity (Wildman–Crippen MR) is 93.6 cm³/mol. The minimum atomic E-state index is -0.536. The first kappa shape index (κ1) is 17.9. The number of ether oxygens (including phenoxy) is 1. The first-order valence-electron chi connectivity index (χ1n) is 8.75. The Morgan fingerprint density at radius 1 is 1.32 bits per heavy atom. The Morgan fingerprint density at radius 2 is 2.08 bits per heavy atom. The Kier molecular flexibility index (Phi) is 5.73. The zero-order valence-corrected chi connectivity index (χ0v) is 14.8. The number of benzene rings is 1.